The van der Waals surface area contributed by atoms with E-state index in [-0.39, 0.29) is 0 Å². The Morgan fingerprint density at radius 3 is 2.88 bits per heavy atom. The molecule has 1 atom stereocenters. The fourth-order valence-electron chi connectivity index (χ4n) is 2.59. The molecular weight excluding hydrogens is 194 g/mol. The summed E-state index contributed by atoms with van der Waals surface area (Å²) in [6.45, 7) is 3.82. The van der Waals surface area contributed by atoms with E-state index in [2.05, 4.69) is 48.3 Å². The normalized spacial score (nSPS) is 18.1. The Balaban J connectivity index is 2.16. The smallest absolute Gasteiger partial charge is 0.0425 e. The lowest BCUT2D eigenvalue weighted by molar-refractivity contribution is 0.722. The Bertz CT molecular complexity index is 501. The minimum atomic E-state index is 0.498. The molecule has 0 saturated carbocycles. The highest BCUT2D eigenvalue weighted by molar-refractivity contribution is 5.97. The molecule has 3 rings (SSSR count). The predicted molar refractivity (Wildman–Crippen MR) is 69.9 cm³/mol. The van der Waals surface area contributed by atoms with Crippen LogP contribution in [0.1, 0.15) is 12.0 Å². The zero-order valence-corrected chi connectivity index (χ0v) is 9.24. The van der Waals surface area contributed by atoms with E-state index in [9.17, 15) is 0 Å². The summed E-state index contributed by atoms with van der Waals surface area (Å²) < 4.78 is 0. The summed E-state index contributed by atoms with van der Waals surface area (Å²) in [5.74, 6) is 0. The fourth-order valence-corrected chi connectivity index (χ4v) is 2.59. The third-order valence-electron chi connectivity index (χ3n) is 3.27. The number of hydrogen-bond acceptors (Lipinski definition) is 1. The molecule has 80 valence electrons. The maximum absolute atomic E-state index is 3.82. The van der Waals surface area contributed by atoms with Crippen molar-refractivity contribution in [2.75, 3.05) is 5.32 Å². The van der Waals surface area contributed by atoms with Gasteiger partial charge in [-0.2, -0.15) is 0 Å². The van der Waals surface area contributed by atoms with Crippen molar-refractivity contribution in [2.45, 2.75) is 18.9 Å². The van der Waals surface area contributed by atoms with Gasteiger partial charge in [-0.15, -0.1) is 6.58 Å². The van der Waals surface area contributed by atoms with Gasteiger partial charge < -0.3 is 5.32 Å². The Kier molecular flexibility index (Phi) is 2.17. The van der Waals surface area contributed by atoms with E-state index in [1.165, 1.54) is 22.0 Å². The van der Waals surface area contributed by atoms with Gasteiger partial charge in [-0.1, -0.05) is 36.4 Å². The maximum atomic E-state index is 3.82. The summed E-state index contributed by atoms with van der Waals surface area (Å²) in [5.41, 5.74) is 2.73. The number of rotatable bonds is 2. The second-order valence-corrected chi connectivity index (χ2v) is 4.39. The SMILES string of the molecule is C=CCC1Cc2cccc3cccc(c23)N1. The first-order valence-corrected chi connectivity index (χ1v) is 5.76. The molecule has 1 heteroatoms. The molecule has 1 heterocycles. The van der Waals surface area contributed by atoms with Gasteiger partial charge in [0.05, 0.1) is 0 Å². The molecule has 1 nitrogen and oxygen atoms in total. The van der Waals surface area contributed by atoms with Gasteiger partial charge in [-0.05, 0) is 29.9 Å². The number of nitrogens with one attached hydrogen (secondary N) is 1. The standard InChI is InChI=1S/C15H15N/c1-2-5-13-10-12-8-3-6-11-7-4-9-14(16-13)15(11)12/h2-4,6-9,13,16H,1,5,10H2. The monoisotopic (exact) mass is 209 g/mol. The van der Waals surface area contributed by atoms with Crippen LogP contribution in [0.2, 0.25) is 0 Å². The molecule has 2 aromatic carbocycles. The zero-order chi connectivity index (χ0) is 11.0. The third-order valence-corrected chi connectivity index (χ3v) is 3.27. The van der Waals surface area contributed by atoms with Crippen LogP contribution in [-0.4, -0.2) is 6.04 Å². The lowest BCUT2D eigenvalue weighted by Gasteiger charge is -2.26. The van der Waals surface area contributed by atoms with E-state index in [1.807, 2.05) is 6.08 Å². The largest absolute Gasteiger partial charge is 0.381 e. The van der Waals surface area contributed by atoms with Crippen molar-refractivity contribution in [3.8, 4) is 0 Å². The summed E-state index contributed by atoms with van der Waals surface area (Å²) in [5, 5.41) is 6.32. The van der Waals surface area contributed by atoms with E-state index >= 15 is 0 Å². The quantitative estimate of drug-likeness (QED) is 0.743. The van der Waals surface area contributed by atoms with Gasteiger partial charge in [0.2, 0.25) is 0 Å². The van der Waals surface area contributed by atoms with Gasteiger partial charge in [0.25, 0.3) is 0 Å². The minimum Gasteiger partial charge on any atom is -0.381 e. The highest BCUT2D eigenvalue weighted by Gasteiger charge is 2.17. The number of hydrogen-bond donors (Lipinski definition) is 1. The van der Waals surface area contributed by atoms with E-state index in [1.54, 1.807) is 0 Å². The molecule has 1 aliphatic rings. The first-order chi connectivity index (χ1) is 7.88. The van der Waals surface area contributed by atoms with Crippen LogP contribution in [0.15, 0.2) is 49.1 Å². The van der Waals surface area contributed by atoms with Gasteiger partial charge in [-0.3, -0.25) is 0 Å². The van der Waals surface area contributed by atoms with Crippen LogP contribution in [0.25, 0.3) is 10.8 Å². The Labute approximate surface area is 95.8 Å². The van der Waals surface area contributed by atoms with E-state index in [0.29, 0.717) is 6.04 Å². The molecule has 0 aromatic heterocycles. The predicted octanol–water partition coefficient (Wildman–Crippen LogP) is 3.75. The molecule has 2 aromatic rings. The maximum Gasteiger partial charge on any atom is 0.0425 e. The zero-order valence-electron chi connectivity index (χ0n) is 9.24. The Morgan fingerprint density at radius 2 is 2.06 bits per heavy atom. The van der Waals surface area contributed by atoms with Crippen LogP contribution in [0.5, 0.6) is 0 Å². The van der Waals surface area contributed by atoms with Crippen molar-refractivity contribution in [1.82, 2.24) is 0 Å². The highest BCUT2D eigenvalue weighted by Crippen LogP contribution is 2.32. The van der Waals surface area contributed by atoms with E-state index < -0.39 is 0 Å². The Morgan fingerprint density at radius 1 is 1.25 bits per heavy atom. The lowest BCUT2D eigenvalue weighted by atomic mass is 9.92. The van der Waals surface area contributed by atoms with Crippen LogP contribution in [-0.2, 0) is 6.42 Å². The van der Waals surface area contributed by atoms with Crippen LogP contribution >= 0.6 is 0 Å². The molecule has 0 amide bonds. The molecule has 0 bridgehead atoms. The molecule has 0 aliphatic carbocycles. The van der Waals surface area contributed by atoms with Crippen LogP contribution in [0.4, 0.5) is 5.69 Å². The molecule has 0 radical (unpaired) electrons. The average Bonchev–Trinajstić information content (AvgIpc) is 2.30. The summed E-state index contributed by atoms with van der Waals surface area (Å²) in [7, 11) is 0. The van der Waals surface area contributed by atoms with Crippen molar-refractivity contribution < 1.29 is 0 Å². The third kappa shape index (κ3) is 1.40. The van der Waals surface area contributed by atoms with Crippen LogP contribution in [0.3, 0.4) is 0 Å². The molecule has 0 fully saturated rings. The van der Waals surface area contributed by atoms with Crippen LogP contribution < -0.4 is 5.32 Å². The summed E-state index contributed by atoms with van der Waals surface area (Å²) in [4.78, 5) is 0. The molecule has 1 N–H and O–H groups in total. The first kappa shape index (κ1) is 9.46. The van der Waals surface area contributed by atoms with Crippen molar-refractivity contribution in [3.63, 3.8) is 0 Å². The molecule has 1 aliphatic heterocycles. The summed E-state index contributed by atoms with van der Waals surface area (Å²) in [6, 6.07) is 13.5. The van der Waals surface area contributed by atoms with Gasteiger partial charge >= 0.3 is 0 Å². The van der Waals surface area contributed by atoms with Gasteiger partial charge in [-0.25, -0.2) is 0 Å². The molecule has 0 spiro atoms. The lowest BCUT2D eigenvalue weighted by Crippen LogP contribution is -2.25. The average molecular weight is 209 g/mol. The van der Waals surface area contributed by atoms with Gasteiger partial charge in [0, 0.05) is 17.1 Å². The summed E-state index contributed by atoms with van der Waals surface area (Å²) >= 11 is 0. The van der Waals surface area contributed by atoms with Crippen molar-refractivity contribution in [3.05, 3.63) is 54.6 Å². The number of benzene rings is 2. The second-order valence-electron chi connectivity index (χ2n) is 4.39. The molecule has 0 saturated heterocycles. The minimum absolute atomic E-state index is 0.498. The molecule has 1 unspecified atom stereocenters. The first-order valence-electron chi connectivity index (χ1n) is 5.76. The highest BCUT2D eigenvalue weighted by atomic mass is 14.9. The fraction of sp³-hybridized carbons (Fsp3) is 0.200. The molecule has 16 heavy (non-hydrogen) atoms. The van der Waals surface area contributed by atoms with E-state index in [4.69, 9.17) is 0 Å². The van der Waals surface area contributed by atoms with Crippen molar-refractivity contribution in [2.24, 2.45) is 0 Å². The molecular formula is C15H15N. The topological polar surface area (TPSA) is 12.0 Å². The van der Waals surface area contributed by atoms with Crippen LogP contribution in [0, 0.1) is 0 Å². The van der Waals surface area contributed by atoms with Crippen molar-refractivity contribution in [1.29, 1.82) is 0 Å². The number of anilines is 1. The Hall–Kier alpha value is -1.76. The van der Waals surface area contributed by atoms with Gasteiger partial charge in [0.15, 0.2) is 0 Å². The van der Waals surface area contributed by atoms with Crippen molar-refractivity contribution >= 4 is 16.5 Å². The van der Waals surface area contributed by atoms with Gasteiger partial charge in [0.1, 0.15) is 0 Å². The second kappa shape index (κ2) is 3.67. The van der Waals surface area contributed by atoms with E-state index in [0.717, 1.165) is 12.8 Å². The summed E-state index contributed by atoms with van der Waals surface area (Å²) in [6.07, 6.45) is 4.11.